The van der Waals surface area contributed by atoms with Crippen LogP contribution in [0.1, 0.15) is 21.7 Å². The molecule has 0 bridgehead atoms. The van der Waals surface area contributed by atoms with Crippen LogP contribution in [-0.4, -0.2) is 51.3 Å². The van der Waals surface area contributed by atoms with E-state index in [1.165, 1.54) is 4.90 Å². The second-order valence-electron chi connectivity index (χ2n) is 3.81. The van der Waals surface area contributed by atoms with E-state index in [4.69, 9.17) is 21.4 Å². The summed E-state index contributed by atoms with van der Waals surface area (Å²) in [6.45, 7) is 0.845. The number of halogens is 1. The van der Waals surface area contributed by atoms with Crippen molar-refractivity contribution in [2.24, 2.45) is 0 Å². The Labute approximate surface area is 108 Å². The van der Waals surface area contributed by atoms with Crippen molar-refractivity contribution in [3.63, 3.8) is 0 Å². The summed E-state index contributed by atoms with van der Waals surface area (Å²) in [5, 5.41) is 15.3. The highest BCUT2D eigenvalue weighted by Gasteiger charge is 2.27. The molecular formula is C10H12ClN3O4. The number of carbonyl (C=O) groups excluding carboxylic acids is 1. The first-order valence-corrected chi connectivity index (χ1v) is 5.94. The van der Waals surface area contributed by atoms with Crippen LogP contribution in [0.25, 0.3) is 0 Å². The first-order valence-electron chi connectivity index (χ1n) is 5.40. The largest absolute Gasteiger partial charge is 0.476 e. The zero-order valence-electron chi connectivity index (χ0n) is 9.48. The van der Waals surface area contributed by atoms with Crippen molar-refractivity contribution in [3.8, 4) is 0 Å². The number of H-pyrrole nitrogens is 1. The fourth-order valence-corrected chi connectivity index (χ4v) is 1.95. The molecule has 1 aliphatic rings. The van der Waals surface area contributed by atoms with Gasteiger partial charge >= 0.3 is 12.1 Å². The van der Waals surface area contributed by atoms with E-state index in [2.05, 4.69) is 10.2 Å². The Kier molecular flexibility index (Phi) is 3.71. The van der Waals surface area contributed by atoms with Gasteiger partial charge in [-0.05, 0) is 6.42 Å². The van der Waals surface area contributed by atoms with Gasteiger partial charge in [0.25, 0.3) is 0 Å². The molecule has 0 atom stereocenters. The Morgan fingerprint density at radius 2 is 2.33 bits per heavy atom. The highest BCUT2D eigenvalue weighted by molar-refractivity contribution is 6.18. The van der Waals surface area contributed by atoms with Crippen molar-refractivity contribution >= 4 is 23.7 Å². The molecule has 98 valence electrons. The number of carboxylic acids is 1. The highest BCUT2D eigenvalue weighted by Crippen LogP contribution is 2.20. The lowest BCUT2D eigenvalue weighted by atomic mass is 10.1. The van der Waals surface area contributed by atoms with Gasteiger partial charge in [0.2, 0.25) is 0 Å². The first-order chi connectivity index (χ1) is 8.63. The number of hydrogen-bond acceptors (Lipinski definition) is 4. The van der Waals surface area contributed by atoms with E-state index >= 15 is 0 Å². The molecule has 0 saturated carbocycles. The summed E-state index contributed by atoms with van der Waals surface area (Å²) in [5.74, 6) is -0.816. The third-order valence-electron chi connectivity index (χ3n) is 2.70. The van der Waals surface area contributed by atoms with Crippen LogP contribution in [-0.2, 0) is 17.7 Å². The van der Waals surface area contributed by atoms with Gasteiger partial charge in [0, 0.05) is 12.1 Å². The van der Waals surface area contributed by atoms with Crippen LogP contribution >= 0.6 is 11.6 Å². The first kappa shape index (κ1) is 12.7. The van der Waals surface area contributed by atoms with Gasteiger partial charge in [-0.1, -0.05) is 0 Å². The van der Waals surface area contributed by atoms with Crippen LogP contribution in [0, 0.1) is 0 Å². The number of carbonyl (C=O) groups is 2. The van der Waals surface area contributed by atoms with Gasteiger partial charge in [0.1, 0.15) is 6.61 Å². The van der Waals surface area contributed by atoms with Gasteiger partial charge in [-0.2, -0.15) is 5.10 Å². The van der Waals surface area contributed by atoms with Crippen LogP contribution in [0.15, 0.2) is 0 Å². The molecule has 7 nitrogen and oxygen atoms in total. The minimum Gasteiger partial charge on any atom is -0.476 e. The van der Waals surface area contributed by atoms with Crippen LogP contribution in [0.4, 0.5) is 4.79 Å². The second kappa shape index (κ2) is 5.26. The molecule has 0 fully saturated rings. The SMILES string of the molecule is O=C(O)c1n[nH]c2c1CCN(C(=O)OCCCl)C2. The summed E-state index contributed by atoms with van der Waals surface area (Å²) in [6, 6.07) is 0. The fourth-order valence-electron chi connectivity index (χ4n) is 1.87. The fraction of sp³-hybridized carbons (Fsp3) is 0.500. The number of aromatic carboxylic acids is 1. The molecule has 1 aromatic heterocycles. The molecule has 2 rings (SSSR count). The molecule has 2 heterocycles. The number of rotatable bonds is 3. The second-order valence-corrected chi connectivity index (χ2v) is 4.19. The zero-order valence-corrected chi connectivity index (χ0v) is 10.2. The summed E-state index contributed by atoms with van der Waals surface area (Å²) in [7, 11) is 0. The Bertz CT molecular complexity index is 474. The van der Waals surface area contributed by atoms with Gasteiger partial charge in [-0.3, -0.25) is 5.10 Å². The molecule has 0 saturated heterocycles. The molecule has 0 aromatic carbocycles. The van der Waals surface area contributed by atoms with E-state index in [0.717, 1.165) is 0 Å². The molecule has 18 heavy (non-hydrogen) atoms. The van der Waals surface area contributed by atoms with Crippen molar-refractivity contribution < 1.29 is 19.4 Å². The number of hydrogen-bond donors (Lipinski definition) is 2. The monoisotopic (exact) mass is 273 g/mol. The molecular weight excluding hydrogens is 262 g/mol. The van der Waals surface area contributed by atoms with Crippen molar-refractivity contribution in [2.45, 2.75) is 13.0 Å². The number of amides is 1. The summed E-state index contributed by atoms with van der Waals surface area (Å²) in [4.78, 5) is 24.0. The lowest BCUT2D eigenvalue weighted by Crippen LogP contribution is -2.36. The number of carboxylic acid groups (broad SMARTS) is 1. The lowest BCUT2D eigenvalue weighted by molar-refractivity contribution is 0.0689. The van der Waals surface area contributed by atoms with Gasteiger partial charge in [-0.25, -0.2) is 9.59 Å². The molecule has 0 spiro atoms. The minimum atomic E-state index is -1.06. The number of aromatic nitrogens is 2. The number of ether oxygens (including phenoxy) is 1. The number of aromatic amines is 1. The molecule has 1 aromatic rings. The smallest absolute Gasteiger partial charge is 0.410 e. The maximum absolute atomic E-state index is 11.6. The van der Waals surface area contributed by atoms with Crippen molar-refractivity contribution in [3.05, 3.63) is 17.0 Å². The minimum absolute atomic E-state index is 0.0266. The third-order valence-corrected chi connectivity index (χ3v) is 2.85. The maximum Gasteiger partial charge on any atom is 0.410 e. The van der Waals surface area contributed by atoms with Crippen LogP contribution in [0.5, 0.6) is 0 Å². The number of alkyl halides is 1. The van der Waals surface area contributed by atoms with E-state index in [1.807, 2.05) is 0 Å². The Hall–Kier alpha value is -1.76. The summed E-state index contributed by atoms with van der Waals surface area (Å²) >= 11 is 5.43. The van der Waals surface area contributed by atoms with Crippen LogP contribution in [0.2, 0.25) is 0 Å². The third kappa shape index (κ3) is 2.40. The highest BCUT2D eigenvalue weighted by atomic mass is 35.5. The van der Waals surface area contributed by atoms with Crippen molar-refractivity contribution in [1.29, 1.82) is 0 Å². The summed E-state index contributed by atoms with van der Waals surface area (Å²) < 4.78 is 4.90. The van der Waals surface area contributed by atoms with E-state index in [1.54, 1.807) is 0 Å². The maximum atomic E-state index is 11.6. The van der Waals surface area contributed by atoms with Crippen molar-refractivity contribution in [1.82, 2.24) is 15.1 Å². The van der Waals surface area contributed by atoms with Gasteiger partial charge < -0.3 is 14.7 Å². The zero-order chi connectivity index (χ0) is 13.1. The molecule has 1 amide bonds. The Balaban J connectivity index is 2.07. The van der Waals surface area contributed by atoms with Gasteiger partial charge in [0.05, 0.1) is 18.1 Å². The van der Waals surface area contributed by atoms with E-state index in [0.29, 0.717) is 24.2 Å². The summed E-state index contributed by atoms with van der Waals surface area (Å²) in [6.07, 6.45) is -0.00328. The Morgan fingerprint density at radius 1 is 1.56 bits per heavy atom. The van der Waals surface area contributed by atoms with E-state index in [-0.39, 0.29) is 24.7 Å². The average Bonchev–Trinajstić information content (AvgIpc) is 2.78. The normalized spacial score (nSPS) is 14.2. The molecule has 8 heteroatoms. The van der Waals surface area contributed by atoms with E-state index < -0.39 is 12.1 Å². The molecule has 0 unspecified atom stereocenters. The quantitative estimate of drug-likeness (QED) is 0.796. The molecule has 2 N–H and O–H groups in total. The molecule has 0 radical (unpaired) electrons. The number of nitrogens with one attached hydrogen (secondary N) is 1. The van der Waals surface area contributed by atoms with E-state index in [9.17, 15) is 9.59 Å². The predicted molar refractivity (Wildman–Crippen MR) is 61.7 cm³/mol. The molecule has 0 aliphatic carbocycles. The molecule has 1 aliphatic heterocycles. The number of nitrogens with zero attached hydrogens (tertiary/aromatic N) is 2. The lowest BCUT2D eigenvalue weighted by Gasteiger charge is -2.25. The van der Waals surface area contributed by atoms with Gasteiger partial charge in [-0.15, -0.1) is 11.6 Å². The Morgan fingerprint density at radius 3 is 3.00 bits per heavy atom. The van der Waals surface area contributed by atoms with Crippen LogP contribution in [0.3, 0.4) is 0 Å². The predicted octanol–water partition coefficient (Wildman–Crippen LogP) is 0.841. The van der Waals surface area contributed by atoms with Crippen LogP contribution < -0.4 is 0 Å². The standard InChI is InChI=1S/C10H12ClN3O4/c11-2-4-18-10(17)14-3-1-6-7(5-14)12-13-8(6)9(15)16/h1-5H2,(H,12,13)(H,15,16). The topological polar surface area (TPSA) is 95.5 Å². The average molecular weight is 274 g/mol. The van der Waals surface area contributed by atoms with Crippen molar-refractivity contribution in [2.75, 3.05) is 19.0 Å². The summed E-state index contributed by atoms with van der Waals surface area (Å²) in [5.41, 5.74) is 1.32. The number of fused-ring (bicyclic) bond motifs is 1. The van der Waals surface area contributed by atoms with Gasteiger partial charge in [0.15, 0.2) is 5.69 Å².